The Morgan fingerprint density at radius 1 is 0.840 bits per heavy atom. The predicted molar refractivity (Wildman–Crippen MR) is 94.5 cm³/mol. The highest BCUT2D eigenvalue weighted by molar-refractivity contribution is 5.91. The molecule has 0 saturated heterocycles. The highest BCUT2D eigenvalue weighted by Crippen LogP contribution is 2.24. The Balaban J connectivity index is 1.62. The van der Waals surface area contributed by atoms with Crippen LogP contribution < -0.4 is 10.6 Å². The number of halogens is 1. The minimum absolute atomic E-state index is 0.197. The molecule has 6 nitrogen and oxygen atoms in total. The van der Waals surface area contributed by atoms with Gasteiger partial charge in [0.25, 0.3) is 0 Å². The molecule has 0 bridgehead atoms. The Morgan fingerprint density at radius 2 is 1.68 bits per heavy atom. The number of anilines is 4. The first-order chi connectivity index (χ1) is 12.3. The van der Waals surface area contributed by atoms with E-state index in [4.69, 9.17) is 0 Å². The number of benzene rings is 2. The number of nitrogens with zero attached hydrogens (tertiary/aromatic N) is 4. The van der Waals surface area contributed by atoms with Crippen LogP contribution >= 0.6 is 0 Å². The summed E-state index contributed by atoms with van der Waals surface area (Å²) in [6, 6.07) is 16.0. The number of hydrogen-bond donors (Lipinski definition) is 2. The van der Waals surface area contributed by atoms with E-state index in [1.54, 1.807) is 24.4 Å². The van der Waals surface area contributed by atoms with Gasteiger partial charge in [0.05, 0.1) is 23.1 Å². The van der Waals surface area contributed by atoms with Crippen molar-refractivity contribution in [3.05, 3.63) is 72.8 Å². The van der Waals surface area contributed by atoms with E-state index < -0.39 is 0 Å². The van der Waals surface area contributed by atoms with Gasteiger partial charge in [-0.2, -0.15) is 10.1 Å². The molecule has 0 aliphatic heterocycles. The van der Waals surface area contributed by atoms with Crippen LogP contribution in [0.25, 0.3) is 10.9 Å². The van der Waals surface area contributed by atoms with Crippen LogP contribution in [-0.2, 0) is 0 Å². The number of para-hydroxylation sites is 2. The number of nitrogens with one attached hydrogen (secondary N) is 2. The predicted octanol–water partition coefficient (Wildman–Crippen LogP) is 4.05. The molecule has 2 heterocycles. The van der Waals surface area contributed by atoms with Crippen molar-refractivity contribution in [1.82, 2.24) is 20.2 Å². The van der Waals surface area contributed by atoms with Crippen molar-refractivity contribution in [1.29, 1.82) is 0 Å². The Labute approximate surface area is 142 Å². The van der Waals surface area contributed by atoms with Crippen molar-refractivity contribution in [3.63, 3.8) is 0 Å². The lowest BCUT2D eigenvalue weighted by atomic mass is 10.2. The van der Waals surface area contributed by atoms with Gasteiger partial charge >= 0.3 is 0 Å². The van der Waals surface area contributed by atoms with Crippen molar-refractivity contribution in [2.45, 2.75) is 0 Å². The summed E-state index contributed by atoms with van der Waals surface area (Å²) >= 11 is 0. The third-order valence-electron chi connectivity index (χ3n) is 3.57. The lowest BCUT2D eigenvalue weighted by molar-refractivity contribution is 0.631. The summed E-state index contributed by atoms with van der Waals surface area (Å²) in [6.07, 6.45) is 3.23. The first kappa shape index (κ1) is 14.9. The third-order valence-corrected chi connectivity index (χ3v) is 3.57. The molecule has 0 spiro atoms. The van der Waals surface area contributed by atoms with Gasteiger partial charge in [-0.05, 0) is 24.3 Å². The van der Waals surface area contributed by atoms with E-state index in [1.807, 2.05) is 30.3 Å². The maximum atomic E-state index is 13.7. The van der Waals surface area contributed by atoms with Gasteiger partial charge in [0, 0.05) is 11.6 Å². The second-order valence-electron chi connectivity index (χ2n) is 5.28. The van der Waals surface area contributed by atoms with E-state index in [2.05, 4.69) is 30.8 Å². The molecule has 0 unspecified atom stereocenters. The lowest BCUT2D eigenvalue weighted by Gasteiger charge is -2.09. The molecular formula is C18H13FN6. The first-order valence-electron chi connectivity index (χ1n) is 7.62. The van der Waals surface area contributed by atoms with Crippen LogP contribution in [0.2, 0.25) is 0 Å². The second kappa shape index (κ2) is 6.48. The van der Waals surface area contributed by atoms with E-state index in [9.17, 15) is 4.39 Å². The molecule has 2 aromatic carbocycles. The van der Waals surface area contributed by atoms with Crippen molar-refractivity contribution < 1.29 is 4.39 Å². The molecule has 4 aromatic rings. The Morgan fingerprint density at radius 3 is 2.60 bits per heavy atom. The van der Waals surface area contributed by atoms with Crippen LogP contribution in [0.1, 0.15) is 0 Å². The largest absolute Gasteiger partial charge is 0.337 e. The molecule has 0 aliphatic carbocycles. The Bertz CT molecular complexity index is 1030. The summed E-state index contributed by atoms with van der Waals surface area (Å²) in [5.41, 5.74) is 1.91. The fourth-order valence-corrected chi connectivity index (χ4v) is 2.44. The lowest BCUT2D eigenvalue weighted by Crippen LogP contribution is -2.03. The molecule has 7 heteroatoms. The standard InChI is InChI=1S/C18H13FN6/c19-13-7-1-2-8-14(13)23-18-24-16(11-21-25-18)22-15-9-3-5-12-6-4-10-20-17(12)15/h1-11H,(H2,22,23,24,25). The molecule has 0 amide bonds. The molecule has 2 aromatic heterocycles. The normalized spacial score (nSPS) is 10.6. The van der Waals surface area contributed by atoms with Gasteiger partial charge in [-0.1, -0.05) is 30.3 Å². The number of aromatic nitrogens is 4. The van der Waals surface area contributed by atoms with E-state index in [-0.39, 0.29) is 17.5 Å². The smallest absolute Gasteiger partial charge is 0.249 e. The maximum Gasteiger partial charge on any atom is 0.249 e. The number of fused-ring (bicyclic) bond motifs is 1. The van der Waals surface area contributed by atoms with Crippen LogP contribution in [0.5, 0.6) is 0 Å². The fourth-order valence-electron chi connectivity index (χ4n) is 2.44. The van der Waals surface area contributed by atoms with Crippen LogP contribution in [0.15, 0.2) is 67.0 Å². The molecule has 122 valence electrons. The van der Waals surface area contributed by atoms with Gasteiger partial charge in [0.15, 0.2) is 5.82 Å². The highest BCUT2D eigenvalue weighted by atomic mass is 19.1. The van der Waals surface area contributed by atoms with Gasteiger partial charge in [-0.25, -0.2) is 4.39 Å². The van der Waals surface area contributed by atoms with Gasteiger partial charge in [0.1, 0.15) is 5.82 Å². The van der Waals surface area contributed by atoms with E-state index in [0.717, 1.165) is 16.6 Å². The summed E-state index contributed by atoms with van der Waals surface area (Å²) in [6.45, 7) is 0. The zero-order valence-corrected chi connectivity index (χ0v) is 13.0. The monoisotopic (exact) mass is 332 g/mol. The molecule has 0 radical (unpaired) electrons. The van der Waals surface area contributed by atoms with Crippen molar-refractivity contribution >= 4 is 34.0 Å². The molecule has 0 aliphatic rings. The van der Waals surface area contributed by atoms with Crippen LogP contribution in [0.3, 0.4) is 0 Å². The summed E-state index contributed by atoms with van der Waals surface area (Å²) in [5.74, 6) is 0.290. The summed E-state index contributed by atoms with van der Waals surface area (Å²) < 4.78 is 13.7. The Hall–Kier alpha value is -3.61. The summed E-state index contributed by atoms with van der Waals surface area (Å²) in [7, 11) is 0. The molecular weight excluding hydrogens is 319 g/mol. The molecule has 0 saturated carbocycles. The molecule has 4 rings (SSSR count). The molecule has 2 N–H and O–H groups in total. The quantitative estimate of drug-likeness (QED) is 0.587. The van der Waals surface area contributed by atoms with Gasteiger partial charge in [-0.15, -0.1) is 5.10 Å². The average molecular weight is 332 g/mol. The van der Waals surface area contributed by atoms with Crippen LogP contribution in [0.4, 0.5) is 27.5 Å². The van der Waals surface area contributed by atoms with Gasteiger partial charge < -0.3 is 10.6 Å². The van der Waals surface area contributed by atoms with Crippen molar-refractivity contribution in [2.24, 2.45) is 0 Å². The molecule has 25 heavy (non-hydrogen) atoms. The zero-order chi connectivity index (χ0) is 17.1. The topological polar surface area (TPSA) is 75.6 Å². The number of hydrogen-bond acceptors (Lipinski definition) is 6. The summed E-state index contributed by atoms with van der Waals surface area (Å²) in [5, 5.41) is 14.8. The van der Waals surface area contributed by atoms with Crippen molar-refractivity contribution in [2.75, 3.05) is 10.6 Å². The molecule has 0 fully saturated rings. The SMILES string of the molecule is Fc1ccccc1Nc1nncc(Nc2cccc3cccnc23)n1. The Kier molecular flexibility index (Phi) is 3.88. The summed E-state index contributed by atoms with van der Waals surface area (Å²) in [4.78, 5) is 8.71. The van der Waals surface area contributed by atoms with Gasteiger partial charge in [-0.3, -0.25) is 4.98 Å². The minimum Gasteiger partial charge on any atom is -0.337 e. The van der Waals surface area contributed by atoms with E-state index in [0.29, 0.717) is 5.82 Å². The average Bonchev–Trinajstić information content (AvgIpc) is 2.64. The van der Waals surface area contributed by atoms with Crippen molar-refractivity contribution in [3.8, 4) is 0 Å². The molecule has 0 atom stereocenters. The zero-order valence-electron chi connectivity index (χ0n) is 13.0. The number of rotatable bonds is 4. The maximum absolute atomic E-state index is 13.7. The van der Waals surface area contributed by atoms with E-state index >= 15 is 0 Å². The van der Waals surface area contributed by atoms with E-state index in [1.165, 1.54) is 12.3 Å². The number of pyridine rings is 1. The fraction of sp³-hybridized carbons (Fsp3) is 0. The second-order valence-corrected chi connectivity index (χ2v) is 5.28. The first-order valence-corrected chi connectivity index (χ1v) is 7.62. The van der Waals surface area contributed by atoms with Crippen LogP contribution in [-0.4, -0.2) is 20.2 Å². The highest BCUT2D eigenvalue weighted by Gasteiger charge is 2.07. The van der Waals surface area contributed by atoms with Crippen LogP contribution in [0, 0.1) is 5.82 Å². The minimum atomic E-state index is -0.386. The third kappa shape index (κ3) is 3.20. The van der Waals surface area contributed by atoms with Gasteiger partial charge in [0.2, 0.25) is 5.95 Å².